The first kappa shape index (κ1) is 12.9. The summed E-state index contributed by atoms with van der Waals surface area (Å²) in [5.74, 6) is 0.504. The van der Waals surface area contributed by atoms with E-state index in [-0.39, 0.29) is 5.69 Å². The molecule has 3 rings (SSSR count). The van der Waals surface area contributed by atoms with Crippen molar-refractivity contribution >= 4 is 27.1 Å². The molecule has 0 saturated carbocycles. The zero-order valence-corrected chi connectivity index (χ0v) is 12.4. The molecule has 1 aliphatic rings. The van der Waals surface area contributed by atoms with Crippen LogP contribution in [0.4, 0.5) is 0 Å². The molecular formula is C13H16BrN3O2. The van der Waals surface area contributed by atoms with E-state index in [1.807, 2.05) is 11.5 Å². The summed E-state index contributed by atoms with van der Waals surface area (Å²) in [5, 5.41) is 0. The van der Waals surface area contributed by atoms with Gasteiger partial charge in [0, 0.05) is 30.4 Å². The summed E-state index contributed by atoms with van der Waals surface area (Å²) in [5.41, 5.74) is 2.55. The van der Waals surface area contributed by atoms with Gasteiger partial charge in [0.2, 0.25) is 0 Å². The number of halogens is 1. The first-order chi connectivity index (χ1) is 9.16. The molecule has 1 aliphatic heterocycles. The summed E-state index contributed by atoms with van der Waals surface area (Å²) in [7, 11) is 0. The highest BCUT2D eigenvalue weighted by atomic mass is 79.9. The van der Waals surface area contributed by atoms with Crippen molar-refractivity contribution < 1.29 is 4.74 Å². The average Bonchev–Trinajstić information content (AvgIpc) is 2.73. The zero-order chi connectivity index (χ0) is 13.4. The van der Waals surface area contributed by atoms with Crippen molar-refractivity contribution in [3.05, 3.63) is 26.7 Å². The smallest absolute Gasteiger partial charge is 0.327 e. The Morgan fingerprint density at radius 1 is 1.53 bits per heavy atom. The second kappa shape index (κ2) is 5.09. The maximum Gasteiger partial charge on any atom is 0.327 e. The molecule has 1 N–H and O–H groups in total. The Kier molecular flexibility index (Phi) is 3.45. The van der Waals surface area contributed by atoms with Crippen LogP contribution in [0.15, 0.2) is 15.5 Å². The van der Waals surface area contributed by atoms with Crippen LogP contribution in [0.2, 0.25) is 0 Å². The van der Waals surface area contributed by atoms with Crippen molar-refractivity contribution in [3.63, 3.8) is 0 Å². The number of aryl methyl sites for hydroxylation is 1. The summed E-state index contributed by atoms with van der Waals surface area (Å²) in [6.45, 7) is 4.33. The third-order valence-corrected chi connectivity index (χ3v) is 4.57. The predicted octanol–water partition coefficient (Wildman–Crippen LogP) is 2.22. The predicted molar refractivity (Wildman–Crippen MR) is 76.3 cm³/mol. The fourth-order valence-corrected chi connectivity index (χ4v) is 2.91. The molecule has 2 aromatic heterocycles. The van der Waals surface area contributed by atoms with Gasteiger partial charge in [-0.1, -0.05) is 0 Å². The van der Waals surface area contributed by atoms with Crippen LogP contribution in [0.3, 0.4) is 0 Å². The highest BCUT2D eigenvalue weighted by Gasteiger charge is 2.18. The summed E-state index contributed by atoms with van der Waals surface area (Å²) in [4.78, 5) is 19.2. The Morgan fingerprint density at radius 2 is 2.26 bits per heavy atom. The molecule has 0 radical (unpaired) electrons. The largest absolute Gasteiger partial charge is 0.381 e. The number of hydrogen-bond acceptors (Lipinski definition) is 3. The highest BCUT2D eigenvalue weighted by Crippen LogP contribution is 2.24. The zero-order valence-electron chi connectivity index (χ0n) is 10.8. The van der Waals surface area contributed by atoms with E-state index in [4.69, 9.17) is 4.74 Å². The molecule has 0 aliphatic carbocycles. The van der Waals surface area contributed by atoms with Crippen LogP contribution in [0.25, 0.3) is 11.2 Å². The SMILES string of the molecule is Cc1c(Br)cnc2[nH]c(=O)n(CC3CCOCC3)c12. The van der Waals surface area contributed by atoms with Gasteiger partial charge < -0.3 is 4.74 Å². The number of aromatic amines is 1. The maximum absolute atomic E-state index is 12.1. The molecule has 0 bridgehead atoms. The van der Waals surface area contributed by atoms with E-state index in [1.54, 1.807) is 6.20 Å². The standard InChI is InChI=1S/C13H16BrN3O2/c1-8-10(14)6-15-12-11(8)17(13(18)16-12)7-9-2-4-19-5-3-9/h6,9H,2-5,7H2,1H3,(H,15,16,18). The van der Waals surface area contributed by atoms with Gasteiger partial charge in [0.15, 0.2) is 5.65 Å². The van der Waals surface area contributed by atoms with E-state index in [9.17, 15) is 4.79 Å². The molecule has 0 spiro atoms. The Bertz CT molecular complexity index is 656. The molecule has 1 fully saturated rings. The highest BCUT2D eigenvalue weighted by molar-refractivity contribution is 9.10. The minimum atomic E-state index is -0.0739. The third kappa shape index (κ3) is 2.34. The molecule has 0 atom stereocenters. The fourth-order valence-electron chi connectivity index (χ4n) is 2.62. The van der Waals surface area contributed by atoms with E-state index >= 15 is 0 Å². The lowest BCUT2D eigenvalue weighted by Crippen LogP contribution is -2.26. The number of ether oxygens (including phenoxy) is 1. The molecule has 6 heteroatoms. The summed E-state index contributed by atoms with van der Waals surface area (Å²) < 4.78 is 8.11. The Morgan fingerprint density at radius 3 is 3.00 bits per heavy atom. The van der Waals surface area contributed by atoms with Gasteiger partial charge in [-0.3, -0.25) is 9.55 Å². The number of imidazole rings is 1. The van der Waals surface area contributed by atoms with Crippen molar-refractivity contribution in [2.75, 3.05) is 13.2 Å². The number of aromatic nitrogens is 3. The lowest BCUT2D eigenvalue weighted by Gasteiger charge is -2.22. The van der Waals surface area contributed by atoms with Crippen LogP contribution in [0.1, 0.15) is 18.4 Å². The van der Waals surface area contributed by atoms with Gasteiger partial charge in [-0.25, -0.2) is 9.78 Å². The van der Waals surface area contributed by atoms with Crippen LogP contribution < -0.4 is 5.69 Å². The van der Waals surface area contributed by atoms with Gasteiger partial charge in [-0.05, 0) is 47.2 Å². The average molecular weight is 326 g/mol. The number of H-pyrrole nitrogens is 1. The number of nitrogens with one attached hydrogen (secondary N) is 1. The van der Waals surface area contributed by atoms with E-state index in [2.05, 4.69) is 25.9 Å². The third-order valence-electron chi connectivity index (χ3n) is 3.77. The molecule has 0 unspecified atom stereocenters. The van der Waals surface area contributed by atoms with Crippen LogP contribution in [0, 0.1) is 12.8 Å². The van der Waals surface area contributed by atoms with E-state index in [1.165, 1.54) is 0 Å². The molecule has 3 heterocycles. The quantitative estimate of drug-likeness (QED) is 0.921. The second-order valence-corrected chi connectivity index (χ2v) is 5.88. The van der Waals surface area contributed by atoms with Gasteiger partial charge in [0.05, 0.1) is 5.52 Å². The fraction of sp³-hybridized carbons (Fsp3) is 0.538. The van der Waals surface area contributed by atoms with Gasteiger partial charge >= 0.3 is 5.69 Å². The van der Waals surface area contributed by atoms with Crippen LogP contribution >= 0.6 is 15.9 Å². The number of fused-ring (bicyclic) bond motifs is 1. The summed E-state index contributed by atoms with van der Waals surface area (Å²) >= 11 is 3.47. The molecular weight excluding hydrogens is 310 g/mol. The first-order valence-electron chi connectivity index (χ1n) is 6.48. The second-order valence-electron chi connectivity index (χ2n) is 5.02. The minimum Gasteiger partial charge on any atom is -0.381 e. The van der Waals surface area contributed by atoms with Gasteiger partial charge in [-0.2, -0.15) is 0 Å². The molecule has 1 saturated heterocycles. The molecule has 5 nitrogen and oxygen atoms in total. The van der Waals surface area contributed by atoms with Crippen LogP contribution in [-0.4, -0.2) is 27.7 Å². The van der Waals surface area contributed by atoms with E-state index in [0.717, 1.165) is 48.2 Å². The Labute approximate surface area is 119 Å². The van der Waals surface area contributed by atoms with Crippen molar-refractivity contribution in [2.45, 2.75) is 26.3 Å². The normalized spacial score (nSPS) is 17.2. The minimum absolute atomic E-state index is 0.0739. The molecule has 2 aromatic rings. The van der Waals surface area contributed by atoms with Gasteiger partial charge in [0.1, 0.15) is 0 Å². The molecule has 0 amide bonds. The van der Waals surface area contributed by atoms with Crippen LogP contribution in [-0.2, 0) is 11.3 Å². The monoisotopic (exact) mass is 325 g/mol. The van der Waals surface area contributed by atoms with Crippen molar-refractivity contribution in [1.82, 2.24) is 14.5 Å². The van der Waals surface area contributed by atoms with Crippen LogP contribution in [0.5, 0.6) is 0 Å². The topological polar surface area (TPSA) is 59.9 Å². The van der Waals surface area contributed by atoms with E-state index in [0.29, 0.717) is 11.6 Å². The summed E-state index contributed by atoms with van der Waals surface area (Å²) in [6, 6.07) is 0. The number of hydrogen-bond donors (Lipinski definition) is 1. The Balaban J connectivity index is 2.04. The van der Waals surface area contributed by atoms with E-state index < -0.39 is 0 Å². The van der Waals surface area contributed by atoms with Gasteiger partial charge in [0.25, 0.3) is 0 Å². The number of nitrogens with zero attached hydrogens (tertiary/aromatic N) is 2. The first-order valence-corrected chi connectivity index (χ1v) is 7.27. The molecule has 102 valence electrons. The maximum atomic E-state index is 12.1. The number of pyridine rings is 1. The molecule has 0 aromatic carbocycles. The summed E-state index contributed by atoms with van der Waals surface area (Å²) in [6.07, 6.45) is 3.76. The molecule has 19 heavy (non-hydrogen) atoms. The van der Waals surface area contributed by atoms with Crippen molar-refractivity contribution in [3.8, 4) is 0 Å². The van der Waals surface area contributed by atoms with Crippen molar-refractivity contribution in [1.29, 1.82) is 0 Å². The Hall–Kier alpha value is -1.14. The number of rotatable bonds is 2. The van der Waals surface area contributed by atoms with Gasteiger partial charge in [-0.15, -0.1) is 0 Å². The lowest BCUT2D eigenvalue weighted by atomic mass is 10.0. The lowest BCUT2D eigenvalue weighted by molar-refractivity contribution is 0.0613. The van der Waals surface area contributed by atoms with Crippen molar-refractivity contribution in [2.24, 2.45) is 5.92 Å².